The van der Waals surface area contributed by atoms with Crippen LogP contribution in [-0.4, -0.2) is 5.54 Å². The van der Waals surface area contributed by atoms with E-state index in [-0.39, 0.29) is 5.54 Å². The number of halogens is 1. The van der Waals surface area contributed by atoms with Crippen LogP contribution >= 0.6 is 15.9 Å². The largest absolute Gasteiger partial charge is 0.325 e. The van der Waals surface area contributed by atoms with E-state index in [9.17, 15) is 0 Å². The molecule has 0 spiro atoms. The van der Waals surface area contributed by atoms with Crippen molar-refractivity contribution in [3.8, 4) is 0 Å². The first-order chi connectivity index (χ1) is 6.98. The Kier molecular flexibility index (Phi) is 2.73. The standard InChI is InChI=1S/C13H16BrN/c1-9(2)11-5-10(6-12(14)7-11)8-13(15)3-4-13/h5-7H,1,3-4,8,15H2,2H3. The molecule has 0 atom stereocenters. The van der Waals surface area contributed by atoms with E-state index in [1.54, 1.807) is 0 Å². The first kappa shape index (κ1) is 10.9. The molecule has 0 heterocycles. The molecule has 0 aromatic heterocycles. The second-order valence-electron chi connectivity index (χ2n) is 4.67. The minimum atomic E-state index is 0.0765. The maximum atomic E-state index is 6.12. The predicted octanol–water partition coefficient (Wildman–Crippen LogP) is 3.52. The topological polar surface area (TPSA) is 26.0 Å². The number of nitrogens with two attached hydrogens (primary N) is 1. The summed E-state index contributed by atoms with van der Waals surface area (Å²) >= 11 is 3.53. The van der Waals surface area contributed by atoms with E-state index in [1.807, 2.05) is 6.92 Å². The Hall–Kier alpha value is -0.600. The molecule has 2 rings (SSSR count). The third kappa shape index (κ3) is 2.70. The van der Waals surface area contributed by atoms with Gasteiger partial charge in [-0.3, -0.25) is 0 Å². The fraction of sp³-hybridized carbons (Fsp3) is 0.385. The van der Waals surface area contributed by atoms with Gasteiger partial charge in [-0.15, -0.1) is 0 Å². The maximum Gasteiger partial charge on any atom is 0.0196 e. The molecule has 1 aliphatic rings. The fourth-order valence-electron chi connectivity index (χ4n) is 1.74. The molecular formula is C13H16BrN. The molecule has 1 fully saturated rings. The Bertz CT molecular complexity index is 405. The molecule has 1 nitrogen and oxygen atoms in total. The molecular weight excluding hydrogens is 250 g/mol. The lowest BCUT2D eigenvalue weighted by Gasteiger charge is -2.11. The highest BCUT2D eigenvalue weighted by Crippen LogP contribution is 2.36. The highest BCUT2D eigenvalue weighted by atomic mass is 79.9. The van der Waals surface area contributed by atoms with Crippen molar-refractivity contribution in [3.63, 3.8) is 0 Å². The number of hydrogen-bond acceptors (Lipinski definition) is 1. The number of allylic oxidation sites excluding steroid dienone is 1. The van der Waals surface area contributed by atoms with Crippen LogP contribution in [0.25, 0.3) is 5.57 Å². The van der Waals surface area contributed by atoms with Crippen molar-refractivity contribution in [2.45, 2.75) is 31.7 Å². The Labute approximate surface area is 99.5 Å². The van der Waals surface area contributed by atoms with Crippen molar-refractivity contribution in [1.82, 2.24) is 0 Å². The van der Waals surface area contributed by atoms with Crippen molar-refractivity contribution < 1.29 is 0 Å². The zero-order valence-corrected chi connectivity index (χ0v) is 10.6. The van der Waals surface area contributed by atoms with Crippen LogP contribution in [0.1, 0.15) is 30.9 Å². The van der Waals surface area contributed by atoms with E-state index in [1.165, 1.54) is 11.1 Å². The molecule has 80 valence electrons. The van der Waals surface area contributed by atoms with Crippen LogP contribution < -0.4 is 5.73 Å². The molecule has 0 unspecified atom stereocenters. The van der Waals surface area contributed by atoms with Crippen LogP contribution in [0.3, 0.4) is 0 Å². The first-order valence-electron chi connectivity index (χ1n) is 5.23. The average Bonchev–Trinajstić information content (AvgIpc) is 2.81. The van der Waals surface area contributed by atoms with Gasteiger partial charge >= 0.3 is 0 Å². The quantitative estimate of drug-likeness (QED) is 0.890. The lowest BCUT2D eigenvalue weighted by molar-refractivity contribution is 0.672. The Morgan fingerprint density at radius 1 is 1.47 bits per heavy atom. The minimum absolute atomic E-state index is 0.0765. The van der Waals surface area contributed by atoms with E-state index >= 15 is 0 Å². The summed E-state index contributed by atoms with van der Waals surface area (Å²) in [5.41, 5.74) is 9.80. The molecule has 0 saturated heterocycles. The summed E-state index contributed by atoms with van der Waals surface area (Å²) < 4.78 is 1.11. The van der Waals surface area contributed by atoms with E-state index in [0.29, 0.717) is 0 Å². The fourth-order valence-corrected chi connectivity index (χ4v) is 2.28. The highest BCUT2D eigenvalue weighted by molar-refractivity contribution is 9.10. The molecule has 15 heavy (non-hydrogen) atoms. The van der Waals surface area contributed by atoms with Gasteiger partial charge in [-0.05, 0) is 49.4 Å². The predicted molar refractivity (Wildman–Crippen MR) is 68.7 cm³/mol. The Balaban J connectivity index is 2.27. The van der Waals surface area contributed by atoms with Crippen LogP contribution in [0.15, 0.2) is 29.3 Å². The van der Waals surface area contributed by atoms with Gasteiger partial charge in [-0.1, -0.05) is 34.1 Å². The summed E-state index contributed by atoms with van der Waals surface area (Å²) in [5.74, 6) is 0. The van der Waals surface area contributed by atoms with Crippen LogP contribution in [0, 0.1) is 0 Å². The Morgan fingerprint density at radius 3 is 2.67 bits per heavy atom. The van der Waals surface area contributed by atoms with Crippen LogP contribution in [0.5, 0.6) is 0 Å². The Morgan fingerprint density at radius 2 is 2.13 bits per heavy atom. The van der Waals surface area contributed by atoms with Crippen molar-refractivity contribution in [2.75, 3.05) is 0 Å². The molecule has 2 N–H and O–H groups in total. The smallest absolute Gasteiger partial charge is 0.0196 e. The monoisotopic (exact) mass is 265 g/mol. The molecule has 1 aliphatic carbocycles. The van der Waals surface area contributed by atoms with Gasteiger partial charge < -0.3 is 5.73 Å². The third-order valence-corrected chi connectivity index (χ3v) is 3.36. The average molecular weight is 266 g/mol. The summed E-state index contributed by atoms with van der Waals surface area (Å²) in [7, 11) is 0. The van der Waals surface area contributed by atoms with Crippen LogP contribution in [0.4, 0.5) is 0 Å². The number of rotatable bonds is 3. The second kappa shape index (κ2) is 3.76. The zero-order chi connectivity index (χ0) is 11.1. The molecule has 0 aliphatic heterocycles. The lowest BCUT2D eigenvalue weighted by atomic mass is 10.0. The normalized spacial score (nSPS) is 17.5. The summed E-state index contributed by atoms with van der Waals surface area (Å²) in [6.45, 7) is 6.00. The van der Waals surface area contributed by atoms with E-state index in [4.69, 9.17) is 5.73 Å². The van der Waals surface area contributed by atoms with E-state index in [2.05, 4.69) is 40.7 Å². The minimum Gasteiger partial charge on any atom is -0.325 e. The molecule has 2 heteroatoms. The first-order valence-corrected chi connectivity index (χ1v) is 6.02. The van der Waals surface area contributed by atoms with Crippen molar-refractivity contribution in [1.29, 1.82) is 0 Å². The maximum absolute atomic E-state index is 6.12. The van der Waals surface area contributed by atoms with Gasteiger partial charge in [0, 0.05) is 10.0 Å². The zero-order valence-electron chi connectivity index (χ0n) is 9.02. The van der Waals surface area contributed by atoms with E-state index in [0.717, 1.165) is 29.3 Å². The molecule has 1 saturated carbocycles. The summed E-state index contributed by atoms with van der Waals surface area (Å²) in [4.78, 5) is 0. The molecule has 0 bridgehead atoms. The van der Waals surface area contributed by atoms with Crippen molar-refractivity contribution in [2.24, 2.45) is 5.73 Å². The van der Waals surface area contributed by atoms with Gasteiger partial charge in [0.15, 0.2) is 0 Å². The van der Waals surface area contributed by atoms with Crippen LogP contribution in [-0.2, 0) is 6.42 Å². The number of hydrogen-bond donors (Lipinski definition) is 1. The van der Waals surface area contributed by atoms with Gasteiger partial charge in [-0.25, -0.2) is 0 Å². The van der Waals surface area contributed by atoms with Gasteiger partial charge in [0.05, 0.1) is 0 Å². The third-order valence-electron chi connectivity index (χ3n) is 2.90. The summed E-state index contributed by atoms with van der Waals surface area (Å²) in [6, 6.07) is 6.45. The second-order valence-corrected chi connectivity index (χ2v) is 5.58. The van der Waals surface area contributed by atoms with Gasteiger partial charge in [-0.2, -0.15) is 0 Å². The van der Waals surface area contributed by atoms with Gasteiger partial charge in [0.2, 0.25) is 0 Å². The summed E-state index contributed by atoms with van der Waals surface area (Å²) in [6.07, 6.45) is 3.29. The molecule has 0 amide bonds. The SMILES string of the molecule is C=C(C)c1cc(Br)cc(CC2(N)CC2)c1. The van der Waals surface area contributed by atoms with Gasteiger partial charge in [0.25, 0.3) is 0 Å². The van der Waals surface area contributed by atoms with Crippen molar-refractivity contribution in [3.05, 3.63) is 40.4 Å². The lowest BCUT2D eigenvalue weighted by Crippen LogP contribution is -2.24. The molecule has 0 radical (unpaired) electrons. The van der Waals surface area contributed by atoms with Crippen LogP contribution in [0.2, 0.25) is 0 Å². The number of benzene rings is 1. The van der Waals surface area contributed by atoms with Crippen molar-refractivity contribution >= 4 is 21.5 Å². The van der Waals surface area contributed by atoms with Gasteiger partial charge in [0.1, 0.15) is 0 Å². The molecule has 1 aromatic carbocycles. The molecule has 1 aromatic rings. The summed E-state index contributed by atoms with van der Waals surface area (Å²) in [5, 5.41) is 0. The highest BCUT2D eigenvalue weighted by Gasteiger charge is 2.37. The van der Waals surface area contributed by atoms with E-state index < -0.39 is 0 Å².